The molecule has 0 unspecified atom stereocenters. The number of hydrogen-bond donors (Lipinski definition) is 1. The molecule has 0 bridgehead atoms. The number of benzene rings is 3. The molecule has 0 amide bonds. The SMILES string of the molecule is Oc1cccc([C@H]2CCCN(C[C@H]3COc4c(OCc5ccccc5)cccc4O3)C2)c1. The van der Waals surface area contributed by atoms with Crippen molar-refractivity contribution < 1.29 is 19.3 Å². The highest BCUT2D eigenvalue weighted by molar-refractivity contribution is 5.52. The number of phenols is 1. The highest BCUT2D eigenvalue weighted by Gasteiger charge is 2.28. The van der Waals surface area contributed by atoms with E-state index in [1.807, 2.05) is 60.7 Å². The van der Waals surface area contributed by atoms with Crippen molar-refractivity contribution in [2.45, 2.75) is 31.5 Å². The summed E-state index contributed by atoms with van der Waals surface area (Å²) < 4.78 is 18.4. The number of nitrogens with zero attached hydrogens (tertiary/aromatic N) is 1. The van der Waals surface area contributed by atoms with Gasteiger partial charge in [0.05, 0.1) is 0 Å². The lowest BCUT2D eigenvalue weighted by molar-refractivity contribution is 0.0479. The number of likely N-dealkylation sites (tertiary alicyclic amines) is 1. The molecule has 3 aromatic rings. The molecule has 5 rings (SSSR count). The van der Waals surface area contributed by atoms with Crippen molar-refractivity contribution in [2.24, 2.45) is 0 Å². The summed E-state index contributed by atoms with van der Waals surface area (Å²) in [5.74, 6) is 2.92. The Balaban J connectivity index is 1.20. The molecule has 3 aromatic carbocycles. The molecule has 0 saturated carbocycles. The Labute approximate surface area is 189 Å². The molecular weight excluding hydrogens is 402 g/mol. The zero-order valence-corrected chi connectivity index (χ0v) is 18.2. The Morgan fingerprint density at radius 2 is 1.88 bits per heavy atom. The lowest BCUT2D eigenvalue weighted by Gasteiger charge is -2.36. The van der Waals surface area contributed by atoms with Gasteiger partial charge in [-0.2, -0.15) is 0 Å². The first-order valence-corrected chi connectivity index (χ1v) is 11.3. The summed E-state index contributed by atoms with van der Waals surface area (Å²) in [6, 6.07) is 23.6. The molecule has 5 nitrogen and oxygen atoms in total. The van der Waals surface area contributed by atoms with Gasteiger partial charge in [0.25, 0.3) is 0 Å². The molecule has 1 saturated heterocycles. The number of hydrogen-bond acceptors (Lipinski definition) is 5. The fraction of sp³-hybridized carbons (Fsp3) is 0.333. The van der Waals surface area contributed by atoms with Crippen LogP contribution in [0.4, 0.5) is 0 Å². The lowest BCUT2D eigenvalue weighted by Crippen LogP contribution is -2.44. The maximum Gasteiger partial charge on any atom is 0.203 e. The summed E-state index contributed by atoms with van der Waals surface area (Å²) in [6.07, 6.45) is 2.27. The van der Waals surface area contributed by atoms with Crippen LogP contribution in [0.2, 0.25) is 0 Å². The summed E-state index contributed by atoms with van der Waals surface area (Å²) in [7, 11) is 0. The molecule has 1 fully saturated rings. The van der Waals surface area contributed by atoms with E-state index >= 15 is 0 Å². The van der Waals surface area contributed by atoms with Gasteiger partial charge < -0.3 is 19.3 Å². The molecule has 2 aliphatic rings. The lowest BCUT2D eigenvalue weighted by atomic mass is 9.90. The summed E-state index contributed by atoms with van der Waals surface area (Å²) in [4.78, 5) is 2.45. The third kappa shape index (κ3) is 4.83. The molecule has 1 N–H and O–H groups in total. The van der Waals surface area contributed by atoms with Crippen molar-refractivity contribution in [3.8, 4) is 23.0 Å². The summed E-state index contributed by atoms with van der Waals surface area (Å²) in [5, 5.41) is 9.83. The predicted octanol–water partition coefficient (Wildman–Crippen LogP) is 4.99. The number of ether oxygens (including phenoxy) is 3. The largest absolute Gasteiger partial charge is 0.508 e. The van der Waals surface area contributed by atoms with Crippen molar-refractivity contribution in [1.29, 1.82) is 0 Å². The summed E-state index contributed by atoms with van der Waals surface area (Å²) in [6.45, 7) is 3.85. The molecule has 0 radical (unpaired) electrons. The van der Waals surface area contributed by atoms with Crippen LogP contribution in [0.5, 0.6) is 23.0 Å². The van der Waals surface area contributed by atoms with Gasteiger partial charge in [0.2, 0.25) is 5.75 Å². The first kappa shape index (κ1) is 20.7. The molecule has 5 heteroatoms. The molecule has 2 aliphatic heterocycles. The highest BCUT2D eigenvalue weighted by Crippen LogP contribution is 2.41. The molecule has 0 spiro atoms. The van der Waals surface area contributed by atoms with Crippen molar-refractivity contribution in [3.05, 3.63) is 83.9 Å². The number of phenolic OH excluding ortho intramolecular Hbond substituents is 1. The van der Waals surface area contributed by atoms with Crippen LogP contribution in [0.15, 0.2) is 72.8 Å². The van der Waals surface area contributed by atoms with Crippen molar-refractivity contribution in [3.63, 3.8) is 0 Å². The summed E-state index contributed by atoms with van der Waals surface area (Å²) >= 11 is 0. The van der Waals surface area contributed by atoms with Crippen molar-refractivity contribution in [1.82, 2.24) is 4.90 Å². The van der Waals surface area contributed by atoms with Gasteiger partial charge in [0, 0.05) is 13.1 Å². The van der Waals surface area contributed by atoms with E-state index in [1.54, 1.807) is 6.07 Å². The van der Waals surface area contributed by atoms with Gasteiger partial charge in [-0.3, -0.25) is 4.90 Å². The number of piperidine rings is 1. The fourth-order valence-electron chi connectivity index (χ4n) is 4.62. The second kappa shape index (κ2) is 9.53. The Morgan fingerprint density at radius 3 is 2.75 bits per heavy atom. The van der Waals surface area contributed by atoms with Gasteiger partial charge in [-0.1, -0.05) is 48.5 Å². The second-order valence-electron chi connectivity index (χ2n) is 8.60. The zero-order valence-electron chi connectivity index (χ0n) is 18.2. The minimum Gasteiger partial charge on any atom is -0.508 e. The minimum absolute atomic E-state index is 0.0187. The molecule has 2 heterocycles. The average molecular weight is 432 g/mol. The van der Waals surface area contributed by atoms with Crippen LogP contribution in [0, 0.1) is 0 Å². The van der Waals surface area contributed by atoms with E-state index in [-0.39, 0.29) is 6.10 Å². The van der Waals surface area contributed by atoms with E-state index < -0.39 is 0 Å². The average Bonchev–Trinajstić information content (AvgIpc) is 2.83. The van der Waals surface area contributed by atoms with Crippen molar-refractivity contribution >= 4 is 0 Å². The van der Waals surface area contributed by atoms with Crippen LogP contribution < -0.4 is 14.2 Å². The van der Waals surface area contributed by atoms with Gasteiger partial charge in [-0.15, -0.1) is 0 Å². The van der Waals surface area contributed by atoms with Gasteiger partial charge in [0.1, 0.15) is 25.1 Å². The monoisotopic (exact) mass is 431 g/mol. The Bertz CT molecular complexity index is 1040. The van der Waals surface area contributed by atoms with Gasteiger partial charge in [-0.25, -0.2) is 0 Å². The van der Waals surface area contributed by atoms with Crippen LogP contribution in [0.3, 0.4) is 0 Å². The second-order valence-corrected chi connectivity index (χ2v) is 8.60. The van der Waals surface area contributed by atoms with Crippen LogP contribution >= 0.6 is 0 Å². The number of aromatic hydroxyl groups is 1. The number of rotatable bonds is 6. The van der Waals surface area contributed by atoms with Gasteiger partial charge >= 0.3 is 0 Å². The standard InChI is InChI=1S/C27H29NO4/c29-23-11-4-9-21(15-23)22-10-6-14-28(16-22)17-24-19-31-27-25(12-5-13-26(27)32-24)30-18-20-7-2-1-3-8-20/h1-5,7-9,11-13,15,22,24,29H,6,10,14,16-19H2/t22-,24-/m0/s1. The molecule has 32 heavy (non-hydrogen) atoms. The van der Waals surface area contributed by atoms with Crippen molar-refractivity contribution in [2.75, 3.05) is 26.2 Å². The number of para-hydroxylation sites is 1. The fourth-order valence-corrected chi connectivity index (χ4v) is 4.62. The summed E-state index contributed by atoms with van der Waals surface area (Å²) in [5.41, 5.74) is 2.33. The van der Waals surface area contributed by atoms with Crippen LogP contribution in [0.25, 0.3) is 0 Å². The Morgan fingerprint density at radius 1 is 1.00 bits per heavy atom. The maximum atomic E-state index is 9.83. The zero-order chi connectivity index (χ0) is 21.8. The topological polar surface area (TPSA) is 51.2 Å². The van der Waals surface area contributed by atoms with E-state index in [9.17, 15) is 5.11 Å². The smallest absolute Gasteiger partial charge is 0.203 e. The minimum atomic E-state index is -0.0187. The van der Waals surface area contributed by atoms with E-state index in [4.69, 9.17) is 14.2 Å². The van der Waals surface area contributed by atoms with Gasteiger partial charge in [-0.05, 0) is 60.7 Å². The predicted molar refractivity (Wildman–Crippen MR) is 124 cm³/mol. The Kier molecular flexibility index (Phi) is 6.17. The van der Waals surface area contributed by atoms with E-state index in [0.717, 1.165) is 43.8 Å². The third-order valence-electron chi connectivity index (χ3n) is 6.20. The molecular formula is C27H29NO4. The van der Waals surface area contributed by atoms with Crippen LogP contribution in [-0.4, -0.2) is 42.4 Å². The number of fused-ring (bicyclic) bond motifs is 1. The first-order valence-electron chi connectivity index (χ1n) is 11.3. The first-order chi connectivity index (χ1) is 15.7. The molecule has 0 aliphatic carbocycles. The molecule has 166 valence electrons. The van der Waals surface area contributed by atoms with E-state index in [1.165, 1.54) is 5.56 Å². The normalized spacial score (nSPS) is 20.6. The van der Waals surface area contributed by atoms with E-state index in [0.29, 0.717) is 36.4 Å². The van der Waals surface area contributed by atoms with Gasteiger partial charge in [0.15, 0.2) is 11.5 Å². The maximum absolute atomic E-state index is 9.83. The Hall–Kier alpha value is -3.18. The highest BCUT2D eigenvalue weighted by atomic mass is 16.6. The molecule has 2 atom stereocenters. The van der Waals surface area contributed by atoms with Crippen LogP contribution in [0.1, 0.15) is 29.9 Å². The van der Waals surface area contributed by atoms with Crippen LogP contribution in [-0.2, 0) is 6.61 Å². The molecule has 0 aromatic heterocycles. The quantitative estimate of drug-likeness (QED) is 0.596. The third-order valence-corrected chi connectivity index (χ3v) is 6.20. The van der Waals surface area contributed by atoms with E-state index in [2.05, 4.69) is 11.0 Å².